The van der Waals surface area contributed by atoms with Gasteiger partial charge in [0.05, 0.1) is 28.0 Å². The third-order valence-corrected chi connectivity index (χ3v) is 7.08. The van der Waals surface area contributed by atoms with E-state index in [0.29, 0.717) is 10.9 Å². The van der Waals surface area contributed by atoms with Crippen LogP contribution in [0, 0.1) is 0 Å². The number of thiazole rings is 1. The predicted octanol–water partition coefficient (Wildman–Crippen LogP) is 4.26. The molecule has 3 aromatic rings. The van der Waals surface area contributed by atoms with Crippen LogP contribution in [0.2, 0.25) is 0 Å². The molecule has 2 aromatic carbocycles. The van der Waals surface area contributed by atoms with Crippen molar-refractivity contribution in [1.29, 1.82) is 0 Å². The van der Waals surface area contributed by atoms with Gasteiger partial charge < -0.3 is 10.1 Å². The fourth-order valence-electron chi connectivity index (χ4n) is 2.46. The highest BCUT2D eigenvalue weighted by molar-refractivity contribution is 9.10. The van der Waals surface area contributed by atoms with Crippen LogP contribution in [0.3, 0.4) is 0 Å². The summed E-state index contributed by atoms with van der Waals surface area (Å²) >= 11 is 4.78. The second-order valence-corrected chi connectivity index (χ2v) is 9.83. The van der Waals surface area contributed by atoms with E-state index in [1.54, 1.807) is 12.1 Å². The predicted molar refractivity (Wildman–Crippen MR) is 110 cm³/mol. The lowest BCUT2D eigenvalue weighted by Crippen LogP contribution is -2.14. The molecule has 0 radical (unpaired) electrons. The van der Waals surface area contributed by atoms with Gasteiger partial charge in [0.2, 0.25) is 5.91 Å². The summed E-state index contributed by atoms with van der Waals surface area (Å²) in [6.07, 6.45) is 0.339. The van der Waals surface area contributed by atoms with Crippen LogP contribution in [0.15, 0.2) is 51.8 Å². The summed E-state index contributed by atoms with van der Waals surface area (Å²) in [5, 5.41) is 3.24. The van der Waals surface area contributed by atoms with Gasteiger partial charge in [-0.05, 0) is 48.9 Å². The molecule has 0 saturated carbocycles. The molecule has 0 saturated heterocycles. The number of hydrogen-bond acceptors (Lipinski definition) is 6. The van der Waals surface area contributed by atoms with Gasteiger partial charge in [0.15, 0.2) is 15.0 Å². The topological polar surface area (TPSA) is 85.4 Å². The Labute approximate surface area is 169 Å². The molecule has 1 N–H and O–H groups in total. The first kappa shape index (κ1) is 19.8. The summed E-state index contributed by atoms with van der Waals surface area (Å²) in [4.78, 5) is 16.7. The molecule has 1 heterocycles. The van der Waals surface area contributed by atoms with Crippen molar-refractivity contribution in [3.8, 4) is 5.75 Å². The number of aromatic nitrogens is 1. The van der Waals surface area contributed by atoms with E-state index >= 15 is 0 Å². The van der Waals surface area contributed by atoms with Crippen LogP contribution in [0.25, 0.3) is 10.2 Å². The van der Waals surface area contributed by atoms with Gasteiger partial charge in [-0.15, -0.1) is 0 Å². The fourth-order valence-corrected chi connectivity index (χ4v) is 5.20. The maximum atomic E-state index is 12.3. The smallest absolute Gasteiger partial charge is 0.226 e. The van der Waals surface area contributed by atoms with Gasteiger partial charge in [-0.1, -0.05) is 27.3 Å². The highest BCUT2D eigenvalue weighted by Crippen LogP contribution is 2.28. The molecule has 3 rings (SSSR count). The second-order valence-electron chi connectivity index (χ2n) is 5.78. The molecule has 9 heteroatoms. The summed E-state index contributed by atoms with van der Waals surface area (Å²) in [5.74, 6) is 0.244. The zero-order valence-electron chi connectivity index (χ0n) is 14.4. The maximum absolute atomic E-state index is 12.3. The number of amides is 1. The van der Waals surface area contributed by atoms with E-state index in [1.807, 2.05) is 18.2 Å². The van der Waals surface area contributed by atoms with Gasteiger partial charge in [-0.3, -0.25) is 4.79 Å². The Morgan fingerprint density at radius 2 is 1.96 bits per heavy atom. The van der Waals surface area contributed by atoms with Crippen molar-refractivity contribution < 1.29 is 17.9 Å². The Kier molecular flexibility index (Phi) is 6.13. The molecule has 27 heavy (non-hydrogen) atoms. The minimum atomic E-state index is -3.43. The van der Waals surface area contributed by atoms with Gasteiger partial charge in [0, 0.05) is 10.9 Å². The summed E-state index contributed by atoms with van der Waals surface area (Å²) in [7, 11) is -1.91. The van der Waals surface area contributed by atoms with E-state index in [-0.39, 0.29) is 29.4 Å². The number of fused-ring (bicyclic) bond motifs is 1. The minimum absolute atomic E-state index is 0.0977. The number of nitrogens with one attached hydrogen (secondary N) is 1. The number of methoxy groups -OCH3 is 1. The Morgan fingerprint density at radius 3 is 2.67 bits per heavy atom. The van der Waals surface area contributed by atoms with E-state index in [1.165, 1.54) is 30.6 Å². The van der Waals surface area contributed by atoms with Crippen molar-refractivity contribution in [2.45, 2.75) is 17.7 Å². The average molecular weight is 469 g/mol. The van der Waals surface area contributed by atoms with Crippen molar-refractivity contribution in [2.75, 3.05) is 18.2 Å². The number of hydrogen-bond donors (Lipinski definition) is 1. The molecule has 1 aromatic heterocycles. The quantitative estimate of drug-likeness (QED) is 0.559. The van der Waals surface area contributed by atoms with Gasteiger partial charge in [0.1, 0.15) is 5.75 Å². The molecule has 0 aliphatic heterocycles. The Balaban J connectivity index is 1.54. The molecule has 6 nitrogen and oxygen atoms in total. The third-order valence-electron chi connectivity index (χ3n) is 3.83. The number of rotatable bonds is 7. The van der Waals surface area contributed by atoms with Crippen molar-refractivity contribution >= 4 is 58.4 Å². The maximum Gasteiger partial charge on any atom is 0.226 e. The molecule has 1 amide bonds. The molecular weight excluding hydrogens is 452 g/mol. The molecule has 0 aliphatic carbocycles. The Morgan fingerprint density at radius 1 is 1.22 bits per heavy atom. The fraction of sp³-hybridized carbons (Fsp3) is 0.222. The van der Waals surface area contributed by atoms with E-state index in [4.69, 9.17) is 4.74 Å². The number of ether oxygens (including phenoxy) is 1. The molecule has 0 atom stereocenters. The van der Waals surface area contributed by atoms with Gasteiger partial charge in [0.25, 0.3) is 0 Å². The zero-order chi connectivity index (χ0) is 19.4. The van der Waals surface area contributed by atoms with Gasteiger partial charge in [-0.25, -0.2) is 13.4 Å². The largest absolute Gasteiger partial charge is 0.497 e. The van der Waals surface area contributed by atoms with E-state index < -0.39 is 9.84 Å². The van der Waals surface area contributed by atoms with Crippen molar-refractivity contribution in [1.82, 2.24) is 4.98 Å². The van der Waals surface area contributed by atoms with Crippen molar-refractivity contribution in [2.24, 2.45) is 0 Å². The Hall–Kier alpha value is -1.97. The zero-order valence-corrected chi connectivity index (χ0v) is 17.7. The van der Waals surface area contributed by atoms with Crippen LogP contribution >= 0.6 is 27.3 Å². The van der Waals surface area contributed by atoms with Crippen LogP contribution in [-0.2, 0) is 14.6 Å². The minimum Gasteiger partial charge on any atom is -0.497 e. The van der Waals surface area contributed by atoms with Crippen molar-refractivity contribution in [3.05, 3.63) is 46.9 Å². The number of halogens is 1. The lowest BCUT2D eigenvalue weighted by molar-refractivity contribution is -0.116. The van der Waals surface area contributed by atoms with Crippen LogP contribution in [0.4, 0.5) is 5.13 Å². The first-order valence-corrected chi connectivity index (χ1v) is 11.4. The Bertz CT molecular complexity index is 1060. The summed E-state index contributed by atoms with van der Waals surface area (Å²) in [6, 6.07) is 11.9. The number of carbonyl (C=O) groups is 1. The summed E-state index contributed by atoms with van der Waals surface area (Å²) in [5.41, 5.74) is 0.806. The molecule has 142 valence electrons. The molecular formula is C18H17BrN2O4S2. The second kappa shape index (κ2) is 8.37. The summed E-state index contributed by atoms with van der Waals surface area (Å²) < 4.78 is 31.6. The van der Waals surface area contributed by atoms with E-state index in [2.05, 4.69) is 26.2 Å². The number of carbonyl (C=O) groups excluding carboxylic acids is 1. The highest BCUT2D eigenvalue weighted by Gasteiger charge is 2.16. The third kappa shape index (κ3) is 5.06. The molecule has 0 spiro atoms. The SMILES string of the molecule is COc1ccc(S(=O)(=O)CCCC(=O)Nc2nc3ccc(Br)cc3s2)cc1. The van der Waals surface area contributed by atoms with Gasteiger partial charge >= 0.3 is 0 Å². The average Bonchev–Trinajstić information content (AvgIpc) is 3.02. The van der Waals surface area contributed by atoms with Crippen LogP contribution in [0.5, 0.6) is 5.75 Å². The lowest BCUT2D eigenvalue weighted by atomic mass is 10.3. The van der Waals surface area contributed by atoms with Crippen LogP contribution in [-0.4, -0.2) is 32.2 Å². The standard InChI is InChI=1S/C18H17BrN2O4S2/c1-25-13-5-7-14(8-6-13)27(23,24)10-2-3-17(22)21-18-20-15-9-4-12(19)11-16(15)26-18/h4-9,11H,2-3,10H2,1H3,(H,20,21,22). The number of anilines is 1. The van der Waals surface area contributed by atoms with Crippen LogP contribution < -0.4 is 10.1 Å². The van der Waals surface area contributed by atoms with E-state index in [9.17, 15) is 13.2 Å². The number of nitrogens with zero attached hydrogens (tertiary/aromatic N) is 1. The monoisotopic (exact) mass is 468 g/mol. The normalized spacial score (nSPS) is 11.5. The number of benzene rings is 2. The molecule has 0 aliphatic rings. The lowest BCUT2D eigenvalue weighted by Gasteiger charge is -2.06. The molecule has 0 unspecified atom stereocenters. The first-order valence-electron chi connectivity index (χ1n) is 8.10. The molecule has 0 fully saturated rings. The van der Waals surface area contributed by atoms with Gasteiger partial charge in [-0.2, -0.15) is 0 Å². The summed E-state index contributed by atoms with van der Waals surface area (Å²) in [6.45, 7) is 0. The molecule has 0 bridgehead atoms. The number of sulfone groups is 1. The highest BCUT2D eigenvalue weighted by atomic mass is 79.9. The first-order chi connectivity index (χ1) is 12.9. The van der Waals surface area contributed by atoms with Crippen LogP contribution in [0.1, 0.15) is 12.8 Å². The van der Waals surface area contributed by atoms with Crippen molar-refractivity contribution in [3.63, 3.8) is 0 Å². The van der Waals surface area contributed by atoms with E-state index in [0.717, 1.165) is 14.7 Å².